The van der Waals surface area contributed by atoms with Crippen molar-refractivity contribution in [2.24, 2.45) is 0 Å². The van der Waals surface area contributed by atoms with Crippen molar-refractivity contribution in [2.45, 2.75) is 26.1 Å². The SMILES string of the molecule is O=C(CCC(=O)c1ccc(Cl)cc1)OCc1csc(COc2ccc(F)cc2)n1. The second kappa shape index (κ2) is 10.1. The Hall–Kier alpha value is -2.77. The molecule has 0 saturated heterocycles. The number of benzene rings is 2. The number of halogens is 2. The van der Waals surface area contributed by atoms with E-state index < -0.39 is 5.97 Å². The van der Waals surface area contributed by atoms with E-state index in [1.165, 1.54) is 35.6 Å². The van der Waals surface area contributed by atoms with Crippen molar-refractivity contribution in [3.8, 4) is 5.75 Å². The number of aromatic nitrogens is 1. The number of esters is 1. The van der Waals surface area contributed by atoms with Crippen LogP contribution in [0.15, 0.2) is 53.9 Å². The molecule has 8 heteroatoms. The maximum absolute atomic E-state index is 12.9. The molecule has 0 fully saturated rings. The van der Waals surface area contributed by atoms with Gasteiger partial charge < -0.3 is 9.47 Å². The van der Waals surface area contributed by atoms with Gasteiger partial charge in [0, 0.05) is 22.4 Å². The first kappa shape index (κ1) is 21.0. The highest BCUT2D eigenvalue weighted by molar-refractivity contribution is 7.09. The number of nitrogens with zero attached hydrogens (tertiary/aromatic N) is 1. The molecule has 0 spiro atoms. The van der Waals surface area contributed by atoms with Gasteiger partial charge in [0.25, 0.3) is 0 Å². The summed E-state index contributed by atoms with van der Waals surface area (Å²) in [5.41, 5.74) is 1.11. The molecule has 3 rings (SSSR count). The third-order valence-corrected chi connectivity index (χ3v) is 5.00. The van der Waals surface area contributed by atoms with Crippen molar-refractivity contribution in [2.75, 3.05) is 0 Å². The van der Waals surface area contributed by atoms with Crippen LogP contribution < -0.4 is 4.74 Å². The van der Waals surface area contributed by atoms with Crippen molar-refractivity contribution in [1.82, 2.24) is 4.98 Å². The van der Waals surface area contributed by atoms with Crippen molar-refractivity contribution in [3.63, 3.8) is 0 Å². The minimum Gasteiger partial charge on any atom is -0.486 e. The molecule has 3 aromatic rings. The smallest absolute Gasteiger partial charge is 0.306 e. The van der Waals surface area contributed by atoms with E-state index in [2.05, 4.69) is 4.98 Å². The fraction of sp³-hybridized carbons (Fsp3) is 0.190. The molecule has 5 nitrogen and oxygen atoms in total. The fourth-order valence-corrected chi connectivity index (χ4v) is 3.20. The van der Waals surface area contributed by atoms with Crippen molar-refractivity contribution in [1.29, 1.82) is 0 Å². The van der Waals surface area contributed by atoms with Crippen LogP contribution >= 0.6 is 22.9 Å². The summed E-state index contributed by atoms with van der Waals surface area (Å²) >= 11 is 7.16. The van der Waals surface area contributed by atoms with Gasteiger partial charge in [-0.2, -0.15) is 0 Å². The van der Waals surface area contributed by atoms with Crippen LogP contribution in [-0.4, -0.2) is 16.7 Å². The van der Waals surface area contributed by atoms with Gasteiger partial charge in [0.05, 0.1) is 12.1 Å². The van der Waals surface area contributed by atoms with Crippen LogP contribution in [0.4, 0.5) is 4.39 Å². The Kier molecular flexibility index (Phi) is 7.32. The van der Waals surface area contributed by atoms with E-state index in [0.29, 0.717) is 27.0 Å². The van der Waals surface area contributed by atoms with Crippen LogP contribution in [-0.2, 0) is 22.7 Å². The minimum atomic E-state index is -0.468. The van der Waals surface area contributed by atoms with Gasteiger partial charge in [-0.15, -0.1) is 11.3 Å². The lowest BCUT2D eigenvalue weighted by molar-refractivity contribution is -0.145. The molecular formula is C21H17ClFNO4S. The first-order valence-corrected chi connectivity index (χ1v) is 10.0. The van der Waals surface area contributed by atoms with Crippen LogP contribution in [0.5, 0.6) is 5.75 Å². The maximum Gasteiger partial charge on any atom is 0.306 e. The molecule has 2 aromatic carbocycles. The number of rotatable bonds is 9. The summed E-state index contributed by atoms with van der Waals surface area (Å²) in [6.07, 6.45) is 0.0560. The van der Waals surface area contributed by atoms with Gasteiger partial charge in [-0.05, 0) is 48.5 Å². The zero-order valence-corrected chi connectivity index (χ0v) is 16.8. The molecule has 29 heavy (non-hydrogen) atoms. The van der Waals surface area contributed by atoms with E-state index in [-0.39, 0.29) is 37.7 Å². The van der Waals surface area contributed by atoms with Gasteiger partial charge in [0.15, 0.2) is 5.78 Å². The van der Waals surface area contributed by atoms with E-state index in [4.69, 9.17) is 21.1 Å². The van der Waals surface area contributed by atoms with Gasteiger partial charge in [0.2, 0.25) is 0 Å². The molecule has 0 N–H and O–H groups in total. The van der Waals surface area contributed by atoms with E-state index in [0.717, 1.165) is 0 Å². The summed E-state index contributed by atoms with van der Waals surface area (Å²) in [5, 5.41) is 3.03. The highest BCUT2D eigenvalue weighted by Gasteiger charge is 2.11. The van der Waals surface area contributed by atoms with E-state index in [1.54, 1.807) is 29.6 Å². The lowest BCUT2D eigenvalue weighted by Gasteiger charge is -2.04. The number of Topliss-reactive ketones (excluding diaryl/α,β-unsaturated/α-hetero) is 1. The number of ketones is 1. The van der Waals surface area contributed by atoms with Crippen molar-refractivity contribution < 1.29 is 23.5 Å². The fourth-order valence-electron chi connectivity index (χ4n) is 2.38. The molecule has 0 saturated carbocycles. The Morgan fingerprint density at radius 2 is 1.72 bits per heavy atom. The van der Waals surface area contributed by atoms with Crippen molar-refractivity contribution in [3.05, 3.63) is 81.0 Å². The predicted molar refractivity (Wildman–Crippen MR) is 108 cm³/mol. The summed E-state index contributed by atoms with van der Waals surface area (Å²) in [4.78, 5) is 28.3. The first-order chi connectivity index (χ1) is 14.0. The van der Waals surface area contributed by atoms with Crippen LogP contribution in [0.25, 0.3) is 0 Å². The first-order valence-electron chi connectivity index (χ1n) is 8.75. The predicted octanol–water partition coefficient (Wildman–Crippen LogP) is 5.22. The molecule has 0 radical (unpaired) electrons. The van der Waals surface area contributed by atoms with Crippen molar-refractivity contribution >= 4 is 34.7 Å². The summed E-state index contributed by atoms with van der Waals surface area (Å²) in [5.74, 6) is -0.401. The Balaban J connectivity index is 1.39. The summed E-state index contributed by atoms with van der Waals surface area (Å²) in [6, 6.07) is 12.2. The largest absolute Gasteiger partial charge is 0.486 e. The van der Waals surface area contributed by atoms with Gasteiger partial charge in [0.1, 0.15) is 29.8 Å². The number of thiazole rings is 1. The molecule has 0 aliphatic carbocycles. The van der Waals surface area contributed by atoms with Gasteiger partial charge in [-0.1, -0.05) is 11.6 Å². The number of ether oxygens (including phenoxy) is 2. The second-order valence-corrected chi connectivity index (χ2v) is 7.45. The lowest BCUT2D eigenvalue weighted by atomic mass is 10.1. The minimum absolute atomic E-state index is 0.00781. The zero-order valence-electron chi connectivity index (χ0n) is 15.3. The van der Waals surface area contributed by atoms with Crippen LogP contribution in [0, 0.1) is 5.82 Å². The average molecular weight is 434 g/mol. The van der Waals surface area contributed by atoms with Crippen LogP contribution in [0.3, 0.4) is 0 Å². The maximum atomic E-state index is 12.9. The summed E-state index contributed by atoms with van der Waals surface area (Å²) in [6.45, 7) is 0.265. The van der Waals surface area contributed by atoms with Gasteiger partial charge in [-0.25, -0.2) is 9.37 Å². The standard InChI is InChI=1S/C21H17ClFNO4S/c22-15-3-1-14(2-4-15)19(25)9-10-21(26)28-11-17-13-29-20(24-17)12-27-18-7-5-16(23)6-8-18/h1-8,13H,9-12H2. The van der Waals surface area contributed by atoms with Crippen LogP contribution in [0.2, 0.25) is 5.02 Å². The third-order valence-electron chi connectivity index (χ3n) is 3.88. The molecular weight excluding hydrogens is 417 g/mol. The average Bonchev–Trinajstić information content (AvgIpc) is 3.18. The molecule has 150 valence electrons. The summed E-state index contributed by atoms with van der Waals surface area (Å²) < 4.78 is 23.6. The number of hydrogen-bond acceptors (Lipinski definition) is 6. The zero-order chi connectivity index (χ0) is 20.6. The monoisotopic (exact) mass is 433 g/mol. The molecule has 0 atom stereocenters. The van der Waals surface area contributed by atoms with Gasteiger partial charge in [-0.3, -0.25) is 9.59 Å². The second-order valence-electron chi connectivity index (χ2n) is 6.07. The molecule has 0 aliphatic rings. The number of carbonyl (C=O) groups excluding carboxylic acids is 2. The molecule has 0 aliphatic heterocycles. The molecule has 1 heterocycles. The van der Waals surface area contributed by atoms with E-state index >= 15 is 0 Å². The topological polar surface area (TPSA) is 65.5 Å². The normalized spacial score (nSPS) is 10.6. The Bertz CT molecular complexity index is 973. The number of carbonyl (C=O) groups is 2. The molecule has 0 bridgehead atoms. The summed E-state index contributed by atoms with van der Waals surface area (Å²) in [7, 11) is 0. The third kappa shape index (κ3) is 6.66. The van der Waals surface area contributed by atoms with Crippen LogP contribution in [0.1, 0.15) is 33.9 Å². The number of hydrogen-bond donors (Lipinski definition) is 0. The Morgan fingerprint density at radius 3 is 2.45 bits per heavy atom. The van der Waals surface area contributed by atoms with Gasteiger partial charge >= 0.3 is 5.97 Å². The highest BCUT2D eigenvalue weighted by atomic mass is 35.5. The highest BCUT2D eigenvalue weighted by Crippen LogP contribution is 2.17. The molecule has 0 amide bonds. The lowest BCUT2D eigenvalue weighted by Crippen LogP contribution is -2.08. The quantitative estimate of drug-likeness (QED) is 0.342. The van der Waals surface area contributed by atoms with E-state index in [1.807, 2.05) is 0 Å². The molecule has 1 aromatic heterocycles. The molecule has 0 unspecified atom stereocenters. The Morgan fingerprint density at radius 1 is 1.00 bits per heavy atom. The Labute approximate surface area is 176 Å². The van der Waals surface area contributed by atoms with E-state index in [9.17, 15) is 14.0 Å².